The molecule has 11 bridgehead atoms. The first-order valence-corrected chi connectivity index (χ1v) is 39.5. The molecule has 3 fully saturated rings. The first kappa shape index (κ1) is 90.6. The van der Waals surface area contributed by atoms with Gasteiger partial charge in [0.15, 0.2) is 30.1 Å². The molecule has 23 atom stereocenters. The fraction of sp³-hybridized carbons (Fsp3) is 0.443. The average molecular weight is 1770 g/mol. The number of primary amides is 1. The molecule has 24 N–H and O–H groups in total. The SMILES string of the molecule is CN[C@H](CC(C)C)C(=O)NC1C(=O)NC(CC(N)=O)C(=O)N[C@H]2C(=O)NC3C(=O)N[C@H](C(=O)NC(C(=O)O)c4cc(O)cc(O)c4-c4cc3ccc4O)[C@H](O[C@H]3C[C@](C)(N)[C@@H](O)[C@H](C)O3)c3ccc(c(Cl)c3)Oc3cc2cc(c3O[C@@H]2O[C@H](CO)[C@@H](O[C@@H]3O[C@H](CNCc4cc(Cl)cc(Cl)c4)[C@H](O)[C@H](O)[C@H]3O)[C@H](O)[C@H]2O)Oc2ccc(cc2Cl)[C@H]1O. The summed E-state index contributed by atoms with van der Waals surface area (Å²) in [5, 5.41) is 159. The van der Waals surface area contributed by atoms with Gasteiger partial charge in [-0.2, -0.15) is 0 Å². The predicted octanol–water partition coefficient (Wildman–Crippen LogP) is 1.03. The topological polar surface area (TPSA) is 601 Å². The summed E-state index contributed by atoms with van der Waals surface area (Å²) in [7, 11) is 1.46. The van der Waals surface area contributed by atoms with Gasteiger partial charge in [-0.15, -0.1) is 0 Å². The standard InChI is InChI=1S/C79H90Cl4N10O28/c1-28(2)12-42(86-5)70(106)92-58-60(99)32-7-10-46(40(82)16-32)115-48-18-34-19-49(67(48)120-78-65(104)63(102)68(51(27-94)118-78)121-77-64(103)62(101)61(100)50(117-77)26-87-25-30-13-35(80)20-36(81)14-30)116-47-11-8-33(17-41(47)83)66(119-53-24-79(4,85)69(105)29(3)114-53)59-75(111)91-57(76(112)113)39-21-37(95)22-45(97)54(39)38-15-31(6-9-44(38)96)55(72(108)93-59)90-73(109)56(34)89-71(107)43(23-52(84)98)88-74(58)110/h6-11,13-22,28-29,42-43,50-51,53,55-66,68-69,77-78,86-87,94-97,99-105H,12,23-27,85H2,1-5H3,(H2,84,98)(H,88,110)(H,89,107)(H,90,109)(H,91,111)(H,92,106)(H,93,108)(H,112,113)/t29-,42+,43?,50+,51+,53-,55?,56+,57?,58?,59-,60+,61-,62-,63+,64+,65+,66+,68+,69-,77-,78-,79-/m0/s1. The Hall–Kier alpha value is -9.60. The zero-order chi connectivity index (χ0) is 87.8. The third-order valence-corrected chi connectivity index (χ3v) is 22.3. The van der Waals surface area contributed by atoms with E-state index in [2.05, 4.69) is 42.5 Å². The van der Waals surface area contributed by atoms with E-state index in [1.54, 1.807) is 26.0 Å². The highest BCUT2D eigenvalue weighted by atomic mass is 35.5. The minimum atomic E-state index is -2.43. The van der Waals surface area contributed by atoms with Gasteiger partial charge < -0.3 is 153 Å². The smallest absolute Gasteiger partial charge is 0.330 e. The van der Waals surface area contributed by atoms with E-state index in [4.69, 9.17) is 95.8 Å². The van der Waals surface area contributed by atoms with Gasteiger partial charge in [-0.25, -0.2) is 4.79 Å². The highest BCUT2D eigenvalue weighted by Crippen LogP contribution is 2.50. The van der Waals surface area contributed by atoms with E-state index in [1.165, 1.54) is 39.1 Å². The number of nitrogens with one attached hydrogen (secondary N) is 8. The number of aromatic hydroxyl groups is 3. The van der Waals surface area contributed by atoms with E-state index in [9.17, 15) is 75.7 Å². The molecule has 0 aliphatic carbocycles. The number of carbonyl (C=O) groups excluding carboxylic acids is 7. The normalized spacial score (nSPS) is 30.4. The quantitative estimate of drug-likeness (QED) is 0.0538. The van der Waals surface area contributed by atoms with Gasteiger partial charge in [0.1, 0.15) is 120 Å². The van der Waals surface area contributed by atoms with Crippen molar-refractivity contribution >= 4 is 93.7 Å². The molecule has 7 amide bonds. The van der Waals surface area contributed by atoms with Gasteiger partial charge in [-0.1, -0.05) is 78.5 Å². The van der Waals surface area contributed by atoms with Gasteiger partial charge in [0.2, 0.25) is 53.4 Å². The maximum Gasteiger partial charge on any atom is 0.330 e. The molecule has 652 valence electrons. The van der Waals surface area contributed by atoms with Crippen molar-refractivity contribution in [2.45, 2.75) is 193 Å². The van der Waals surface area contributed by atoms with Crippen LogP contribution in [0.25, 0.3) is 11.1 Å². The predicted molar refractivity (Wildman–Crippen MR) is 423 cm³/mol. The number of amides is 7. The number of aliphatic carboxylic acids is 1. The molecule has 3 saturated heterocycles. The van der Waals surface area contributed by atoms with E-state index in [0.29, 0.717) is 15.6 Å². The van der Waals surface area contributed by atoms with Crippen LogP contribution in [-0.2, 0) is 68.6 Å². The molecule has 42 heteroatoms. The number of halogens is 4. The molecule has 8 aliphatic heterocycles. The molecule has 0 saturated carbocycles. The Kier molecular flexibility index (Phi) is 28.2. The maximum absolute atomic E-state index is 16.4. The fourth-order valence-electron chi connectivity index (χ4n) is 15.1. The Balaban J connectivity index is 1.05. The van der Waals surface area contributed by atoms with Crippen LogP contribution in [0.15, 0.2) is 97.1 Å². The summed E-state index contributed by atoms with van der Waals surface area (Å²) >= 11 is 26.9. The van der Waals surface area contributed by atoms with Crippen molar-refractivity contribution in [3.8, 4) is 57.1 Å². The summed E-state index contributed by atoms with van der Waals surface area (Å²) in [6.45, 7) is 5.27. The number of benzene rings is 6. The number of carbonyl (C=O) groups is 8. The Labute approximate surface area is 708 Å². The van der Waals surface area contributed by atoms with Gasteiger partial charge in [-0.3, -0.25) is 33.6 Å². The van der Waals surface area contributed by atoms with Gasteiger partial charge in [0, 0.05) is 57.9 Å². The fourth-order valence-corrected chi connectivity index (χ4v) is 16.1. The van der Waals surface area contributed by atoms with E-state index in [-0.39, 0.29) is 43.0 Å². The van der Waals surface area contributed by atoms with Crippen LogP contribution in [-0.4, -0.2) is 238 Å². The average Bonchev–Trinajstić information content (AvgIpc) is 0.761. The molecule has 0 aromatic heterocycles. The van der Waals surface area contributed by atoms with E-state index in [0.717, 1.165) is 66.7 Å². The highest BCUT2D eigenvalue weighted by Gasteiger charge is 2.53. The molecule has 8 aliphatic rings. The van der Waals surface area contributed by atoms with Gasteiger partial charge in [-0.05, 0) is 134 Å². The monoisotopic (exact) mass is 1770 g/mol. The van der Waals surface area contributed by atoms with E-state index >= 15 is 24.0 Å². The van der Waals surface area contributed by atoms with Crippen molar-refractivity contribution < 1.29 is 138 Å². The molecular formula is C79H90Cl4N10O28. The van der Waals surface area contributed by atoms with Gasteiger partial charge in [0.05, 0.1) is 41.3 Å². The molecule has 6 aromatic carbocycles. The molecule has 38 nitrogen and oxygen atoms in total. The second-order valence-electron chi connectivity index (χ2n) is 30.7. The number of nitrogens with two attached hydrogens (primary N) is 2. The van der Waals surface area contributed by atoms with Crippen LogP contribution in [0.1, 0.15) is 111 Å². The van der Waals surface area contributed by atoms with Gasteiger partial charge >= 0.3 is 5.97 Å². The van der Waals surface area contributed by atoms with Crippen LogP contribution in [0.2, 0.25) is 20.1 Å². The molecule has 121 heavy (non-hydrogen) atoms. The lowest BCUT2D eigenvalue weighted by molar-refractivity contribution is -0.350. The number of phenolic OH excluding ortho intramolecular Hbond substituents is 3. The second kappa shape index (κ2) is 37.6. The number of phenols is 3. The molecule has 0 radical (unpaired) electrons. The molecular weight excluding hydrogens is 1680 g/mol. The van der Waals surface area contributed by atoms with Crippen molar-refractivity contribution in [1.82, 2.24) is 42.5 Å². The number of likely N-dealkylation sites (N-methyl/N-ethyl adjacent to an activating group) is 1. The number of hydrogen-bond acceptors (Lipinski definition) is 30. The lowest BCUT2D eigenvalue weighted by Crippen LogP contribution is -2.65. The lowest BCUT2D eigenvalue weighted by atomic mass is 9.86. The minimum absolute atomic E-state index is 0.0979. The number of carboxylic acids is 1. The summed E-state index contributed by atoms with van der Waals surface area (Å²) in [6, 6.07) is 3.64. The number of ether oxygens (including phenoxy) is 8. The van der Waals surface area contributed by atoms with Crippen molar-refractivity contribution in [2.75, 3.05) is 20.2 Å². The number of fused-ring (bicyclic) bond motifs is 15. The van der Waals surface area contributed by atoms with Crippen LogP contribution in [0.3, 0.4) is 0 Å². The lowest BCUT2D eigenvalue weighted by Gasteiger charge is -2.46. The number of hydrogen-bond donors (Lipinski definition) is 22. The van der Waals surface area contributed by atoms with Crippen molar-refractivity contribution in [3.63, 3.8) is 0 Å². The molecule has 4 unspecified atom stereocenters. The number of aliphatic hydroxyl groups excluding tert-OH is 8. The first-order chi connectivity index (χ1) is 57.2. The van der Waals surface area contributed by atoms with Crippen LogP contribution < -0.4 is 68.2 Å². The zero-order valence-electron chi connectivity index (χ0n) is 64.8. The Bertz CT molecular complexity index is 4920. The van der Waals surface area contributed by atoms with E-state index in [1.807, 2.05) is 0 Å². The van der Waals surface area contributed by atoms with Crippen molar-refractivity contribution in [1.29, 1.82) is 0 Å². The maximum atomic E-state index is 16.4. The van der Waals surface area contributed by atoms with Crippen molar-refractivity contribution in [3.05, 3.63) is 151 Å². The van der Waals surface area contributed by atoms with Crippen LogP contribution in [0.5, 0.6) is 46.0 Å². The third-order valence-electron chi connectivity index (χ3n) is 21.3. The summed E-state index contributed by atoms with van der Waals surface area (Å²) in [5.74, 6) is -16.7. The summed E-state index contributed by atoms with van der Waals surface area (Å²) < 4.78 is 51.0. The van der Waals surface area contributed by atoms with E-state index < -0.39 is 284 Å². The van der Waals surface area contributed by atoms with Crippen LogP contribution >= 0.6 is 46.4 Å². The zero-order valence-corrected chi connectivity index (χ0v) is 67.8. The van der Waals surface area contributed by atoms with Gasteiger partial charge in [0.25, 0.3) is 0 Å². The molecule has 8 heterocycles. The number of aliphatic hydroxyl groups is 8. The summed E-state index contributed by atoms with van der Waals surface area (Å²) in [6.07, 6.45) is -29.3. The Morgan fingerprint density at radius 3 is 1.88 bits per heavy atom. The second-order valence-corrected chi connectivity index (χ2v) is 32.4. The molecule has 0 spiro atoms. The minimum Gasteiger partial charge on any atom is -0.508 e. The number of rotatable bonds is 19. The highest BCUT2D eigenvalue weighted by molar-refractivity contribution is 6.34. The third kappa shape index (κ3) is 20.0. The van der Waals surface area contributed by atoms with Crippen LogP contribution in [0, 0.1) is 5.92 Å². The Morgan fingerprint density at radius 1 is 0.645 bits per heavy atom. The first-order valence-electron chi connectivity index (χ1n) is 38.0. The van der Waals surface area contributed by atoms with Crippen molar-refractivity contribution in [2.24, 2.45) is 17.4 Å². The molecule has 14 rings (SSSR count). The van der Waals surface area contributed by atoms with Crippen LogP contribution in [0.4, 0.5) is 0 Å². The molecule has 6 aromatic rings. The summed E-state index contributed by atoms with van der Waals surface area (Å²) in [5.41, 5.74) is 8.56. The number of carboxylic acid groups (broad SMARTS) is 1. The summed E-state index contributed by atoms with van der Waals surface area (Å²) in [4.78, 5) is 120. The Morgan fingerprint density at radius 2 is 1.26 bits per heavy atom. The largest absolute Gasteiger partial charge is 0.508 e.